The second kappa shape index (κ2) is 8.86. The quantitative estimate of drug-likeness (QED) is 0.250. The fourth-order valence-electron chi connectivity index (χ4n) is 4.38. The van der Waals surface area contributed by atoms with Gasteiger partial charge in [-0.15, -0.1) is 0 Å². The lowest BCUT2D eigenvalue weighted by Gasteiger charge is -2.22. The first-order chi connectivity index (χ1) is 16.0. The van der Waals surface area contributed by atoms with E-state index >= 15 is 0 Å². The van der Waals surface area contributed by atoms with Gasteiger partial charge in [0, 0.05) is 11.4 Å². The minimum atomic E-state index is -0.0557. The largest absolute Gasteiger partial charge is 0.313 e. The molecule has 0 saturated heterocycles. The van der Waals surface area contributed by atoms with Crippen molar-refractivity contribution in [3.05, 3.63) is 111 Å². The SMILES string of the molecule is CCc1nc2c(c(C)nn2-c2c(Cl)cc(Cl)cc2Cl)n1C(c1ccccc1)c1ccccc1. The number of aromatic nitrogens is 4. The van der Waals surface area contributed by atoms with E-state index in [1.807, 2.05) is 19.1 Å². The highest BCUT2D eigenvalue weighted by Gasteiger charge is 2.27. The summed E-state index contributed by atoms with van der Waals surface area (Å²) in [5.41, 5.74) is 5.43. The van der Waals surface area contributed by atoms with E-state index in [-0.39, 0.29) is 6.04 Å². The number of fused-ring (bicyclic) bond motifs is 1. The Morgan fingerprint density at radius 3 is 1.91 bits per heavy atom. The van der Waals surface area contributed by atoms with Gasteiger partial charge >= 0.3 is 0 Å². The van der Waals surface area contributed by atoms with Crippen molar-refractivity contribution >= 4 is 46.0 Å². The normalized spacial score (nSPS) is 11.6. The van der Waals surface area contributed by atoms with Gasteiger partial charge in [0.15, 0.2) is 5.65 Å². The summed E-state index contributed by atoms with van der Waals surface area (Å²) in [4.78, 5) is 5.02. The Morgan fingerprint density at radius 1 is 0.848 bits per heavy atom. The number of imidazole rings is 1. The van der Waals surface area contributed by atoms with Crippen LogP contribution >= 0.6 is 34.8 Å². The predicted molar refractivity (Wildman–Crippen MR) is 136 cm³/mol. The molecule has 0 amide bonds. The second-order valence-electron chi connectivity index (χ2n) is 7.86. The van der Waals surface area contributed by atoms with Crippen LogP contribution in [0.4, 0.5) is 0 Å². The van der Waals surface area contributed by atoms with Crippen molar-refractivity contribution < 1.29 is 0 Å². The molecule has 4 nitrogen and oxygen atoms in total. The Hall–Kier alpha value is -2.79. The molecule has 166 valence electrons. The topological polar surface area (TPSA) is 35.6 Å². The van der Waals surface area contributed by atoms with Crippen LogP contribution in [0.3, 0.4) is 0 Å². The zero-order chi connectivity index (χ0) is 23.1. The molecule has 2 aromatic heterocycles. The van der Waals surface area contributed by atoms with Crippen LogP contribution in [0.1, 0.15) is 35.6 Å². The molecule has 0 radical (unpaired) electrons. The summed E-state index contributed by atoms with van der Waals surface area (Å²) in [6.45, 7) is 4.10. The maximum absolute atomic E-state index is 6.55. The predicted octanol–water partition coefficient (Wildman–Crippen LogP) is 7.69. The molecule has 3 aromatic carbocycles. The molecule has 0 bridgehead atoms. The van der Waals surface area contributed by atoms with E-state index in [0.717, 1.165) is 23.5 Å². The van der Waals surface area contributed by atoms with E-state index in [0.29, 0.717) is 26.4 Å². The first-order valence-electron chi connectivity index (χ1n) is 10.7. The Balaban J connectivity index is 1.82. The van der Waals surface area contributed by atoms with Crippen molar-refractivity contribution in [1.29, 1.82) is 0 Å². The third-order valence-corrected chi connectivity index (χ3v) is 6.55. The maximum atomic E-state index is 6.55. The number of aryl methyl sites for hydroxylation is 2. The van der Waals surface area contributed by atoms with Gasteiger partial charge in [-0.1, -0.05) is 102 Å². The van der Waals surface area contributed by atoms with Gasteiger partial charge in [0.05, 0.1) is 21.8 Å². The van der Waals surface area contributed by atoms with Crippen molar-refractivity contribution in [1.82, 2.24) is 19.3 Å². The molecule has 0 aliphatic carbocycles. The number of halogens is 3. The smallest absolute Gasteiger partial charge is 0.181 e. The van der Waals surface area contributed by atoms with Gasteiger partial charge in [0.1, 0.15) is 17.0 Å². The molecule has 0 N–H and O–H groups in total. The van der Waals surface area contributed by atoms with Crippen molar-refractivity contribution in [2.24, 2.45) is 0 Å². The lowest BCUT2D eigenvalue weighted by atomic mass is 9.98. The summed E-state index contributed by atoms with van der Waals surface area (Å²) in [5, 5.41) is 6.12. The Bertz CT molecular complexity index is 1380. The van der Waals surface area contributed by atoms with Crippen LogP contribution in [-0.2, 0) is 6.42 Å². The number of nitrogens with zero attached hydrogens (tertiary/aromatic N) is 4. The second-order valence-corrected chi connectivity index (χ2v) is 9.11. The number of hydrogen-bond donors (Lipinski definition) is 0. The molecule has 5 rings (SSSR count). The Morgan fingerprint density at radius 2 is 1.39 bits per heavy atom. The minimum absolute atomic E-state index is 0.0557. The molecule has 0 saturated carbocycles. The summed E-state index contributed by atoms with van der Waals surface area (Å²) in [7, 11) is 0. The standard InChI is InChI=1S/C26H21Cl3N4/c1-3-22-30-26-23(16(2)31-33(26)25-20(28)14-19(27)15-21(25)29)32(22)24(17-10-6-4-7-11-17)18-12-8-5-9-13-18/h4-15,24H,3H2,1-2H3. The van der Waals surface area contributed by atoms with Crippen LogP contribution in [-0.4, -0.2) is 19.3 Å². The van der Waals surface area contributed by atoms with Crippen LogP contribution in [0, 0.1) is 6.92 Å². The highest BCUT2D eigenvalue weighted by molar-refractivity contribution is 6.40. The van der Waals surface area contributed by atoms with Crippen LogP contribution in [0.15, 0.2) is 72.8 Å². The summed E-state index contributed by atoms with van der Waals surface area (Å²) in [6, 6.07) is 24.2. The van der Waals surface area contributed by atoms with Gasteiger partial charge in [0.25, 0.3) is 0 Å². The number of rotatable bonds is 5. The maximum Gasteiger partial charge on any atom is 0.181 e. The summed E-state index contributed by atoms with van der Waals surface area (Å²) in [5.74, 6) is 0.957. The van der Waals surface area contributed by atoms with Gasteiger partial charge in [-0.05, 0) is 30.2 Å². The molecule has 5 aromatic rings. The van der Waals surface area contributed by atoms with E-state index in [1.54, 1.807) is 16.8 Å². The van der Waals surface area contributed by atoms with Crippen LogP contribution in [0.2, 0.25) is 15.1 Å². The van der Waals surface area contributed by atoms with E-state index < -0.39 is 0 Å². The zero-order valence-electron chi connectivity index (χ0n) is 18.1. The molecule has 2 heterocycles. The average molecular weight is 496 g/mol. The van der Waals surface area contributed by atoms with Crippen LogP contribution in [0.5, 0.6) is 0 Å². The van der Waals surface area contributed by atoms with E-state index in [2.05, 4.69) is 60.0 Å². The van der Waals surface area contributed by atoms with Gasteiger partial charge < -0.3 is 4.57 Å². The minimum Gasteiger partial charge on any atom is -0.313 e. The number of benzene rings is 3. The molecule has 0 spiro atoms. The summed E-state index contributed by atoms with van der Waals surface area (Å²) >= 11 is 19.2. The van der Waals surface area contributed by atoms with Crippen molar-refractivity contribution in [2.75, 3.05) is 0 Å². The fourth-order valence-corrected chi connectivity index (χ4v) is 5.35. The van der Waals surface area contributed by atoms with E-state index in [4.69, 9.17) is 44.9 Å². The molecule has 0 aliphatic heterocycles. The third-order valence-electron chi connectivity index (χ3n) is 5.76. The van der Waals surface area contributed by atoms with E-state index in [9.17, 15) is 0 Å². The Labute approximate surface area is 207 Å². The molecular weight excluding hydrogens is 475 g/mol. The lowest BCUT2D eigenvalue weighted by Crippen LogP contribution is -2.15. The van der Waals surface area contributed by atoms with Crippen LogP contribution in [0.25, 0.3) is 16.9 Å². The zero-order valence-corrected chi connectivity index (χ0v) is 20.4. The summed E-state index contributed by atoms with van der Waals surface area (Å²) < 4.78 is 4.02. The lowest BCUT2D eigenvalue weighted by molar-refractivity contribution is 0.653. The third kappa shape index (κ3) is 3.82. The fraction of sp³-hybridized carbons (Fsp3) is 0.154. The van der Waals surface area contributed by atoms with Gasteiger partial charge in [-0.25, -0.2) is 9.67 Å². The van der Waals surface area contributed by atoms with Crippen LogP contribution < -0.4 is 0 Å². The molecule has 0 aliphatic rings. The number of hydrogen-bond acceptors (Lipinski definition) is 2. The van der Waals surface area contributed by atoms with Crippen molar-refractivity contribution in [3.63, 3.8) is 0 Å². The average Bonchev–Trinajstić information content (AvgIpc) is 3.33. The van der Waals surface area contributed by atoms with Gasteiger partial charge in [-0.2, -0.15) is 5.10 Å². The monoisotopic (exact) mass is 494 g/mol. The molecule has 33 heavy (non-hydrogen) atoms. The first kappa shape index (κ1) is 22.0. The van der Waals surface area contributed by atoms with Crippen molar-refractivity contribution in [2.45, 2.75) is 26.3 Å². The molecule has 0 unspecified atom stereocenters. The molecular formula is C26H21Cl3N4. The molecule has 0 atom stereocenters. The summed E-state index contributed by atoms with van der Waals surface area (Å²) in [6.07, 6.45) is 0.756. The van der Waals surface area contributed by atoms with E-state index in [1.165, 1.54) is 11.1 Å². The van der Waals surface area contributed by atoms with Gasteiger partial charge in [0.2, 0.25) is 0 Å². The highest BCUT2D eigenvalue weighted by atomic mass is 35.5. The first-order valence-corrected chi connectivity index (χ1v) is 11.8. The molecule has 7 heteroatoms. The highest BCUT2D eigenvalue weighted by Crippen LogP contribution is 2.37. The Kier molecular flexibility index (Phi) is 5.92. The molecule has 0 fully saturated rings. The van der Waals surface area contributed by atoms with Gasteiger partial charge in [-0.3, -0.25) is 0 Å². The van der Waals surface area contributed by atoms with Crippen molar-refractivity contribution in [3.8, 4) is 5.69 Å².